The second-order valence-corrected chi connectivity index (χ2v) is 6.28. The van der Waals surface area contributed by atoms with E-state index in [2.05, 4.69) is 10.2 Å². The number of esters is 1. The molecule has 0 fully saturated rings. The first-order chi connectivity index (χ1) is 12.2. The van der Waals surface area contributed by atoms with Gasteiger partial charge in [-0.1, -0.05) is 6.07 Å². The minimum Gasteiger partial charge on any atom is -0.486 e. The number of carbonyl (C=O) groups excluding carboxylic acids is 1. The van der Waals surface area contributed by atoms with Crippen LogP contribution in [0.3, 0.4) is 0 Å². The molecule has 0 saturated carbocycles. The molecule has 0 bridgehead atoms. The largest absolute Gasteiger partial charge is 0.486 e. The summed E-state index contributed by atoms with van der Waals surface area (Å²) in [5.74, 6) is 1.31. The van der Waals surface area contributed by atoms with Gasteiger partial charge in [0.1, 0.15) is 13.2 Å². The van der Waals surface area contributed by atoms with Gasteiger partial charge in [0.25, 0.3) is 11.8 Å². The van der Waals surface area contributed by atoms with Gasteiger partial charge < -0.3 is 18.6 Å². The van der Waals surface area contributed by atoms with E-state index in [4.69, 9.17) is 18.6 Å². The third kappa shape index (κ3) is 3.20. The Bertz CT molecular complexity index is 890. The Morgan fingerprint density at radius 1 is 1.20 bits per heavy atom. The first-order valence-electron chi connectivity index (χ1n) is 7.68. The maximum Gasteiger partial charge on any atom is 0.339 e. The van der Waals surface area contributed by atoms with E-state index < -0.39 is 12.1 Å². The molecule has 3 aromatic rings. The van der Waals surface area contributed by atoms with E-state index in [9.17, 15) is 4.79 Å². The predicted octanol–water partition coefficient (Wildman–Crippen LogP) is 3.49. The van der Waals surface area contributed by atoms with E-state index in [1.54, 1.807) is 25.1 Å². The van der Waals surface area contributed by atoms with Crippen molar-refractivity contribution in [3.63, 3.8) is 0 Å². The Kier molecular flexibility index (Phi) is 4.10. The van der Waals surface area contributed by atoms with Crippen LogP contribution in [0.5, 0.6) is 11.5 Å². The molecule has 4 rings (SSSR count). The molecule has 0 unspecified atom stereocenters. The second kappa shape index (κ2) is 6.56. The van der Waals surface area contributed by atoms with Crippen LogP contribution < -0.4 is 9.47 Å². The van der Waals surface area contributed by atoms with Crippen LogP contribution in [0.15, 0.2) is 40.1 Å². The van der Waals surface area contributed by atoms with E-state index in [1.165, 1.54) is 11.3 Å². The van der Waals surface area contributed by atoms with E-state index in [1.807, 2.05) is 17.5 Å². The van der Waals surface area contributed by atoms with Gasteiger partial charge >= 0.3 is 5.97 Å². The summed E-state index contributed by atoms with van der Waals surface area (Å²) in [7, 11) is 0. The third-order valence-electron chi connectivity index (χ3n) is 3.58. The summed E-state index contributed by atoms with van der Waals surface area (Å²) in [5.41, 5.74) is 0.370. The predicted molar refractivity (Wildman–Crippen MR) is 88.9 cm³/mol. The number of carbonyl (C=O) groups is 1. The zero-order chi connectivity index (χ0) is 17.2. The van der Waals surface area contributed by atoms with E-state index >= 15 is 0 Å². The summed E-state index contributed by atoms with van der Waals surface area (Å²) in [4.78, 5) is 13.2. The molecule has 1 aliphatic heterocycles. The Hall–Kier alpha value is -2.87. The standard InChI is InChI=1S/C17H14N2O5S/c1-10(15-18-19-16(24-15)14-3-2-8-25-14)23-17(20)11-4-5-12-13(9-11)22-7-6-21-12/h2-5,8-10H,6-7H2,1H3/t10-/m1/s1. The highest BCUT2D eigenvalue weighted by Gasteiger charge is 2.22. The van der Waals surface area contributed by atoms with Gasteiger partial charge in [-0.05, 0) is 36.6 Å². The molecule has 0 radical (unpaired) electrons. The number of ether oxygens (including phenoxy) is 3. The number of fused-ring (bicyclic) bond motifs is 1. The molecule has 7 nitrogen and oxygen atoms in total. The SMILES string of the molecule is C[C@@H](OC(=O)c1ccc2c(c1)OCCO2)c1nnc(-c2cccs2)o1. The zero-order valence-electron chi connectivity index (χ0n) is 13.3. The molecule has 8 heteroatoms. The van der Waals surface area contributed by atoms with Gasteiger partial charge in [-0.25, -0.2) is 4.79 Å². The summed E-state index contributed by atoms with van der Waals surface area (Å²) in [6.07, 6.45) is -0.665. The van der Waals surface area contributed by atoms with Crippen LogP contribution in [0.25, 0.3) is 10.8 Å². The van der Waals surface area contributed by atoms with Crippen LogP contribution in [0.1, 0.15) is 29.3 Å². The third-order valence-corrected chi connectivity index (χ3v) is 4.44. The maximum absolute atomic E-state index is 12.3. The monoisotopic (exact) mass is 358 g/mol. The summed E-state index contributed by atoms with van der Waals surface area (Å²) < 4.78 is 21.9. The second-order valence-electron chi connectivity index (χ2n) is 5.33. The molecule has 0 aliphatic carbocycles. The number of hydrogen-bond donors (Lipinski definition) is 0. The number of rotatable bonds is 4. The first-order valence-corrected chi connectivity index (χ1v) is 8.56. The maximum atomic E-state index is 12.3. The molecule has 1 atom stereocenters. The van der Waals surface area contributed by atoms with Crippen LogP contribution in [-0.4, -0.2) is 29.4 Å². The number of hydrogen-bond acceptors (Lipinski definition) is 8. The van der Waals surface area contributed by atoms with Gasteiger partial charge in [-0.3, -0.25) is 0 Å². The number of benzene rings is 1. The highest BCUT2D eigenvalue weighted by Crippen LogP contribution is 2.32. The van der Waals surface area contributed by atoms with Gasteiger partial charge in [0.2, 0.25) is 0 Å². The van der Waals surface area contributed by atoms with Crippen LogP contribution in [0, 0.1) is 0 Å². The molecule has 0 N–H and O–H groups in total. The minimum atomic E-state index is -0.665. The van der Waals surface area contributed by atoms with Crippen molar-refractivity contribution < 1.29 is 23.4 Å². The molecular formula is C17H14N2O5S. The lowest BCUT2D eigenvalue weighted by Gasteiger charge is -2.18. The molecule has 2 aromatic heterocycles. The summed E-state index contributed by atoms with van der Waals surface area (Å²) in [5, 5.41) is 9.86. The van der Waals surface area contributed by atoms with Crippen molar-refractivity contribution in [2.45, 2.75) is 13.0 Å². The first kappa shape index (κ1) is 15.6. The Labute approximate surface area is 147 Å². The molecular weight excluding hydrogens is 344 g/mol. The van der Waals surface area contributed by atoms with Crippen molar-refractivity contribution in [1.29, 1.82) is 0 Å². The van der Waals surface area contributed by atoms with Crippen molar-refractivity contribution in [2.75, 3.05) is 13.2 Å². The molecule has 1 aromatic carbocycles. The lowest BCUT2D eigenvalue weighted by Crippen LogP contribution is -2.16. The number of thiophene rings is 1. The van der Waals surface area contributed by atoms with Crippen molar-refractivity contribution in [3.05, 3.63) is 47.2 Å². The van der Waals surface area contributed by atoms with Crippen molar-refractivity contribution >= 4 is 17.3 Å². The van der Waals surface area contributed by atoms with E-state index in [0.717, 1.165) is 4.88 Å². The Balaban J connectivity index is 1.47. The summed E-state index contributed by atoms with van der Waals surface area (Å²) in [6, 6.07) is 8.71. The van der Waals surface area contributed by atoms with Gasteiger partial charge in [-0.15, -0.1) is 21.5 Å². The molecule has 3 heterocycles. The van der Waals surface area contributed by atoms with Gasteiger partial charge in [0.05, 0.1) is 10.4 Å². The Morgan fingerprint density at radius 3 is 2.84 bits per heavy atom. The minimum absolute atomic E-state index is 0.245. The van der Waals surface area contributed by atoms with Crippen LogP contribution >= 0.6 is 11.3 Å². The fourth-order valence-corrected chi connectivity index (χ4v) is 2.99. The van der Waals surface area contributed by atoms with Crippen LogP contribution in [-0.2, 0) is 4.74 Å². The Morgan fingerprint density at radius 2 is 2.04 bits per heavy atom. The van der Waals surface area contributed by atoms with Crippen LogP contribution in [0.4, 0.5) is 0 Å². The lowest BCUT2D eigenvalue weighted by atomic mass is 10.2. The highest BCUT2D eigenvalue weighted by atomic mass is 32.1. The fraction of sp³-hybridized carbons (Fsp3) is 0.235. The topological polar surface area (TPSA) is 83.7 Å². The van der Waals surface area contributed by atoms with Gasteiger partial charge in [0, 0.05) is 0 Å². The van der Waals surface area contributed by atoms with Crippen molar-refractivity contribution in [1.82, 2.24) is 10.2 Å². The highest BCUT2D eigenvalue weighted by molar-refractivity contribution is 7.13. The van der Waals surface area contributed by atoms with E-state index in [-0.39, 0.29) is 5.89 Å². The summed E-state index contributed by atoms with van der Waals surface area (Å²) in [6.45, 7) is 2.63. The van der Waals surface area contributed by atoms with Crippen molar-refractivity contribution in [2.24, 2.45) is 0 Å². The molecule has 128 valence electrons. The van der Waals surface area contributed by atoms with Gasteiger partial charge in [0.15, 0.2) is 17.6 Å². The quantitative estimate of drug-likeness (QED) is 0.660. The average molecular weight is 358 g/mol. The van der Waals surface area contributed by atoms with Crippen molar-refractivity contribution in [3.8, 4) is 22.3 Å². The molecule has 1 aliphatic rings. The van der Waals surface area contributed by atoms with Gasteiger partial charge in [-0.2, -0.15) is 0 Å². The molecule has 0 spiro atoms. The number of nitrogens with zero attached hydrogens (tertiary/aromatic N) is 2. The number of aromatic nitrogens is 2. The summed E-state index contributed by atoms with van der Waals surface area (Å²) >= 11 is 1.50. The molecule has 25 heavy (non-hydrogen) atoms. The average Bonchev–Trinajstić information content (AvgIpc) is 3.32. The fourth-order valence-electron chi connectivity index (χ4n) is 2.35. The molecule has 0 amide bonds. The normalized spacial score (nSPS) is 14.1. The smallest absolute Gasteiger partial charge is 0.339 e. The zero-order valence-corrected chi connectivity index (χ0v) is 14.1. The van der Waals surface area contributed by atoms with E-state index in [0.29, 0.717) is 36.2 Å². The lowest BCUT2D eigenvalue weighted by molar-refractivity contribution is 0.0279. The van der Waals surface area contributed by atoms with Crippen LogP contribution in [0.2, 0.25) is 0 Å². The molecule has 0 saturated heterocycles.